The van der Waals surface area contributed by atoms with Crippen molar-refractivity contribution in [1.82, 2.24) is 4.98 Å². The largest absolute Gasteiger partial charge is 0.473 e. The number of ether oxygens (including phenoxy) is 3. The molecule has 6 heteroatoms. The Bertz CT molecular complexity index is 657. The third-order valence-corrected chi connectivity index (χ3v) is 2.43. The minimum absolute atomic E-state index is 0.0538. The van der Waals surface area contributed by atoms with Crippen molar-refractivity contribution in [3.05, 3.63) is 41.9 Å². The zero-order valence-electron chi connectivity index (χ0n) is 9.53. The van der Waals surface area contributed by atoms with Gasteiger partial charge in [-0.15, -0.1) is 0 Å². The van der Waals surface area contributed by atoms with Crippen molar-refractivity contribution < 1.29 is 23.8 Å². The van der Waals surface area contributed by atoms with E-state index >= 15 is 0 Å². The quantitative estimate of drug-likeness (QED) is 0.654. The van der Waals surface area contributed by atoms with E-state index < -0.39 is 11.9 Å². The Morgan fingerprint density at radius 2 is 1.63 bits per heavy atom. The molecule has 0 fully saturated rings. The minimum Gasteiger partial charge on any atom is -0.473 e. The summed E-state index contributed by atoms with van der Waals surface area (Å²) in [4.78, 5) is 26.8. The maximum Gasteiger partial charge on any atom is 0.337 e. The first kappa shape index (κ1) is 11.2. The van der Waals surface area contributed by atoms with Crippen LogP contribution < -0.4 is 9.47 Å². The Balaban J connectivity index is 2.19. The number of hydrogen-bond donors (Lipinski definition) is 0. The predicted octanol–water partition coefficient (Wildman–Crippen LogP) is 1.43. The topological polar surface area (TPSA) is 74.7 Å². The van der Waals surface area contributed by atoms with Gasteiger partial charge in [0.2, 0.25) is 11.8 Å². The van der Waals surface area contributed by atoms with Gasteiger partial charge in [-0.25, -0.2) is 9.59 Å². The van der Waals surface area contributed by atoms with Gasteiger partial charge < -0.3 is 14.2 Å². The Morgan fingerprint density at radius 3 is 2.47 bits per heavy atom. The van der Waals surface area contributed by atoms with E-state index in [2.05, 4.69) is 4.98 Å². The first-order valence-corrected chi connectivity index (χ1v) is 5.38. The molecule has 0 spiro atoms. The van der Waals surface area contributed by atoms with Crippen LogP contribution in [0.15, 0.2) is 30.7 Å². The smallest absolute Gasteiger partial charge is 0.337 e. The van der Waals surface area contributed by atoms with Gasteiger partial charge in [-0.05, 0) is 17.7 Å². The molecule has 0 saturated heterocycles. The van der Waals surface area contributed by atoms with E-state index in [0.717, 1.165) is 12.2 Å². The molecule has 3 rings (SSSR count). The number of rotatable bonds is 0. The fourth-order valence-electron chi connectivity index (χ4n) is 1.63. The molecule has 0 atom stereocenters. The van der Waals surface area contributed by atoms with Crippen molar-refractivity contribution in [2.75, 3.05) is 0 Å². The van der Waals surface area contributed by atoms with Gasteiger partial charge in [0.15, 0.2) is 0 Å². The van der Waals surface area contributed by atoms with E-state index in [1.165, 1.54) is 12.5 Å². The van der Waals surface area contributed by atoms with Gasteiger partial charge in [0.1, 0.15) is 0 Å². The van der Waals surface area contributed by atoms with Gasteiger partial charge in [-0.3, -0.25) is 0 Å². The minimum atomic E-state index is -0.701. The fourth-order valence-corrected chi connectivity index (χ4v) is 1.63. The van der Waals surface area contributed by atoms with Gasteiger partial charge >= 0.3 is 11.9 Å². The highest BCUT2D eigenvalue weighted by molar-refractivity contribution is 5.94. The Labute approximate surface area is 107 Å². The summed E-state index contributed by atoms with van der Waals surface area (Å²) in [7, 11) is 0. The lowest BCUT2D eigenvalue weighted by atomic mass is 10.1. The maximum atomic E-state index is 11.5. The monoisotopic (exact) mass is 257 g/mol. The zero-order chi connectivity index (χ0) is 13.2. The predicted molar refractivity (Wildman–Crippen MR) is 63.8 cm³/mol. The molecule has 1 aromatic rings. The van der Waals surface area contributed by atoms with Crippen LogP contribution in [-0.4, -0.2) is 16.9 Å². The highest BCUT2D eigenvalue weighted by Gasteiger charge is 2.18. The van der Waals surface area contributed by atoms with Crippen LogP contribution >= 0.6 is 0 Å². The molecule has 0 amide bonds. The first-order valence-electron chi connectivity index (χ1n) is 5.38. The Kier molecular flexibility index (Phi) is 2.60. The number of fused-ring (bicyclic) bond motifs is 4. The number of carbonyl (C=O) groups is 2. The third kappa shape index (κ3) is 2.23. The highest BCUT2D eigenvalue weighted by atomic mass is 16.6. The number of hydrogen-bond acceptors (Lipinski definition) is 6. The molecule has 2 aliphatic heterocycles. The van der Waals surface area contributed by atoms with Crippen LogP contribution in [0.25, 0.3) is 12.2 Å². The SMILES string of the molecule is O=C1/C=C\C(=O)Oc2nc(cc3c2C=COC=C3)O1. The summed E-state index contributed by atoms with van der Waals surface area (Å²) in [6.45, 7) is 0. The summed E-state index contributed by atoms with van der Waals surface area (Å²) in [6.07, 6.45) is 8.12. The van der Waals surface area contributed by atoms with Crippen LogP contribution in [-0.2, 0) is 14.3 Å². The summed E-state index contributed by atoms with van der Waals surface area (Å²) in [6, 6.07) is 1.55. The lowest BCUT2D eigenvalue weighted by molar-refractivity contribution is -0.131. The van der Waals surface area contributed by atoms with E-state index in [1.807, 2.05) is 0 Å². The van der Waals surface area contributed by atoms with E-state index in [0.29, 0.717) is 11.1 Å². The second-order valence-corrected chi connectivity index (χ2v) is 3.69. The summed E-state index contributed by atoms with van der Waals surface area (Å²) in [5, 5.41) is 0. The number of esters is 2. The van der Waals surface area contributed by atoms with Crippen LogP contribution in [0.1, 0.15) is 11.1 Å². The Hall–Kier alpha value is -2.89. The average molecular weight is 257 g/mol. The van der Waals surface area contributed by atoms with E-state index in [1.54, 1.807) is 18.2 Å². The normalized spacial score (nSPS) is 17.9. The molecule has 0 N–H and O–H groups in total. The van der Waals surface area contributed by atoms with Crippen molar-refractivity contribution in [3.63, 3.8) is 0 Å². The maximum absolute atomic E-state index is 11.5. The zero-order valence-corrected chi connectivity index (χ0v) is 9.53. The third-order valence-electron chi connectivity index (χ3n) is 2.43. The molecule has 2 aliphatic rings. The number of pyridine rings is 1. The summed E-state index contributed by atoms with van der Waals surface area (Å²) < 4.78 is 15.1. The van der Waals surface area contributed by atoms with Crippen molar-refractivity contribution in [2.45, 2.75) is 0 Å². The molecule has 94 valence electrons. The van der Waals surface area contributed by atoms with Gasteiger partial charge in [0.25, 0.3) is 0 Å². The molecule has 0 aliphatic carbocycles. The molecule has 19 heavy (non-hydrogen) atoms. The van der Waals surface area contributed by atoms with E-state index in [-0.39, 0.29) is 11.8 Å². The summed E-state index contributed by atoms with van der Waals surface area (Å²) >= 11 is 0. The van der Waals surface area contributed by atoms with Crippen molar-refractivity contribution in [1.29, 1.82) is 0 Å². The number of carbonyl (C=O) groups excluding carboxylic acids is 2. The van der Waals surface area contributed by atoms with Gasteiger partial charge in [-0.2, -0.15) is 4.98 Å². The molecule has 2 bridgehead atoms. The lowest BCUT2D eigenvalue weighted by Gasteiger charge is -2.08. The fraction of sp³-hybridized carbons (Fsp3) is 0. The molecule has 0 radical (unpaired) electrons. The van der Waals surface area contributed by atoms with Crippen LogP contribution in [0, 0.1) is 0 Å². The van der Waals surface area contributed by atoms with Gasteiger partial charge in [0, 0.05) is 23.8 Å². The van der Waals surface area contributed by atoms with Crippen molar-refractivity contribution in [2.24, 2.45) is 0 Å². The molecule has 0 aromatic carbocycles. The molecule has 3 heterocycles. The first-order chi connectivity index (χ1) is 9.22. The van der Waals surface area contributed by atoms with Crippen LogP contribution in [0.2, 0.25) is 0 Å². The van der Waals surface area contributed by atoms with Crippen LogP contribution in [0.3, 0.4) is 0 Å². The molecule has 0 unspecified atom stereocenters. The van der Waals surface area contributed by atoms with Gasteiger partial charge in [0.05, 0.1) is 12.5 Å². The van der Waals surface area contributed by atoms with Crippen LogP contribution in [0.5, 0.6) is 11.8 Å². The van der Waals surface area contributed by atoms with Crippen LogP contribution in [0.4, 0.5) is 0 Å². The summed E-state index contributed by atoms with van der Waals surface area (Å²) in [5.74, 6) is -1.28. The molecular formula is C13H7NO5. The lowest BCUT2D eigenvalue weighted by Crippen LogP contribution is -2.06. The Morgan fingerprint density at radius 1 is 0.895 bits per heavy atom. The van der Waals surface area contributed by atoms with Crippen molar-refractivity contribution in [3.8, 4) is 11.8 Å². The average Bonchev–Trinajstić information content (AvgIpc) is 2.58. The van der Waals surface area contributed by atoms with E-state index in [4.69, 9.17) is 14.2 Å². The molecule has 1 aromatic heterocycles. The molecule has 0 saturated carbocycles. The molecule has 6 nitrogen and oxygen atoms in total. The van der Waals surface area contributed by atoms with Gasteiger partial charge in [-0.1, -0.05) is 0 Å². The molecular weight excluding hydrogens is 250 g/mol. The second-order valence-electron chi connectivity index (χ2n) is 3.69. The van der Waals surface area contributed by atoms with Crippen molar-refractivity contribution >= 4 is 24.1 Å². The van der Waals surface area contributed by atoms with E-state index in [9.17, 15) is 9.59 Å². The summed E-state index contributed by atoms with van der Waals surface area (Å²) in [5.41, 5.74) is 1.23. The second kappa shape index (κ2) is 4.41. The highest BCUT2D eigenvalue weighted by Crippen LogP contribution is 2.29. The number of nitrogens with zero attached hydrogens (tertiary/aromatic N) is 1. The standard InChI is InChI=1S/C13H7NO5/c15-11-1-2-12(16)19-13-9-4-6-17-5-3-8(9)7-10(14-13)18-11/h1-7H/b2-1-. The number of aromatic nitrogens is 1.